The quantitative estimate of drug-likeness (QED) is 0.294. The van der Waals surface area contributed by atoms with E-state index in [0.29, 0.717) is 0 Å². The summed E-state index contributed by atoms with van der Waals surface area (Å²) >= 11 is 1.83. The molecule has 0 saturated heterocycles. The Kier molecular flexibility index (Phi) is 9.89. The van der Waals surface area contributed by atoms with Crippen LogP contribution in [0, 0.1) is 0 Å². The molecule has 0 aromatic heterocycles. The highest BCUT2D eigenvalue weighted by molar-refractivity contribution is 8.12. The van der Waals surface area contributed by atoms with Gasteiger partial charge in [-0.05, 0) is 30.9 Å². The zero-order valence-electron chi connectivity index (χ0n) is 11.8. The summed E-state index contributed by atoms with van der Waals surface area (Å²) < 4.78 is 2.37. The summed E-state index contributed by atoms with van der Waals surface area (Å²) in [7, 11) is 6.42. The molecule has 0 bridgehead atoms. The van der Waals surface area contributed by atoms with E-state index in [4.69, 9.17) is 0 Å². The van der Waals surface area contributed by atoms with E-state index in [1.807, 2.05) is 11.8 Å². The van der Waals surface area contributed by atoms with Gasteiger partial charge in [-0.1, -0.05) is 32.6 Å². The molecule has 2 nitrogen and oxygen atoms in total. The fourth-order valence-corrected chi connectivity index (χ4v) is 2.67. The highest BCUT2D eigenvalue weighted by atomic mass is 32.2. The molecule has 0 amide bonds. The van der Waals surface area contributed by atoms with Gasteiger partial charge in [-0.25, -0.2) is 0 Å². The van der Waals surface area contributed by atoms with Crippen LogP contribution in [0.15, 0.2) is 0 Å². The van der Waals surface area contributed by atoms with Crippen LogP contribution in [0.1, 0.15) is 45.4 Å². The lowest BCUT2D eigenvalue weighted by Gasteiger charge is -2.11. The van der Waals surface area contributed by atoms with Crippen molar-refractivity contribution in [3.63, 3.8) is 0 Å². The van der Waals surface area contributed by atoms with Gasteiger partial charge < -0.3 is 0 Å². The first-order valence-corrected chi connectivity index (χ1v) is 7.65. The van der Waals surface area contributed by atoms with Crippen molar-refractivity contribution in [2.75, 3.05) is 33.9 Å². The van der Waals surface area contributed by atoms with Crippen LogP contribution in [0.3, 0.4) is 0 Å². The average molecular weight is 245 g/mol. The summed E-state index contributed by atoms with van der Waals surface area (Å²) in [5, 5.41) is 1.36. The molecule has 0 aliphatic carbocycles. The SMILES string of the molecule is CCCCCCCC/[N+](C)=C(/SC)N(C)C. The first-order valence-electron chi connectivity index (χ1n) is 6.42. The molecule has 0 radical (unpaired) electrons. The fraction of sp³-hybridized carbons (Fsp3) is 0.923. The summed E-state index contributed by atoms with van der Waals surface area (Å²) in [5.41, 5.74) is 0. The van der Waals surface area contributed by atoms with Gasteiger partial charge in [0.2, 0.25) is 0 Å². The van der Waals surface area contributed by atoms with Crippen LogP contribution in [0.5, 0.6) is 0 Å². The Morgan fingerprint density at radius 2 is 1.62 bits per heavy atom. The number of hydrogen-bond acceptors (Lipinski definition) is 1. The van der Waals surface area contributed by atoms with Crippen LogP contribution in [-0.4, -0.2) is 48.6 Å². The molecule has 0 spiro atoms. The number of hydrogen-bond donors (Lipinski definition) is 0. The predicted molar refractivity (Wildman–Crippen MR) is 76.6 cm³/mol. The second-order valence-electron chi connectivity index (χ2n) is 4.57. The zero-order chi connectivity index (χ0) is 12.4. The molecular weight excluding hydrogens is 216 g/mol. The minimum Gasteiger partial charge on any atom is -0.262 e. The number of nitrogens with zero attached hydrogens (tertiary/aromatic N) is 2. The molecule has 0 aliphatic heterocycles. The Balaban J connectivity index is 3.74. The molecule has 0 aromatic carbocycles. The molecule has 0 unspecified atom stereocenters. The third-order valence-corrected chi connectivity index (χ3v) is 3.78. The van der Waals surface area contributed by atoms with Gasteiger partial charge in [-0.3, -0.25) is 9.48 Å². The topological polar surface area (TPSA) is 6.25 Å². The van der Waals surface area contributed by atoms with Crippen molar-refractivity contribution in [1.82, 2.24) is 4.90 Å². The maximum Gasteiger partial charge on any atom is 0.307 e. The van der Waals surface area contributed by atoms with Gasteiger partial charge in [-0.15, -0.1) is 0 Å². The van der Waals surface area contributed by atoms with Crippen molar-refractivity contribution in [1.29, 1.82) is 0 Å². The van der Waals surface area contributed by atoms with Crippen LogP contribution < -0.4 is 0 Å². The predicted octanol–water partition coefficient (Wildman–Crippen LogP) is 3.27. The van der Waals surface area contributed by atoms with Crippen molar-refractivity contribution in [2.45, 2.75) is 45.4 Å². The van der Waals surface area contributed by atoms with Crippen molar-refractivity contribution < 1.29 is 4.58 Å². The van der Waals surface area contributed by atoms with E-state index in [9.17, 15) is 0 Å². The molecule has 0 aliphatic rings. The number of thioether (sulfide) groups is 1. The standard InChI is InChI=1S/C13H29N2S/c1-6-7-8-9-10-11-12-15(4)13(16-5)14(2)3/h6-12H2,1-5H3/q+1. The normalized spacial score (nSPS) is 12.6. The second kappa shape index (κ2) is 10.0. The second-order valence-corrected chi connectivity index (χ2v) is 5.34. The van der Waals surface area contributed by atoms with Gasteiger partial charge in [0.15, 0.2) is 0 Å². The van der Waals surface area contributed by atoms with E-state index in [2.05, 4.69) is 43.8 Å². The molecular formula is C13H29N2S+. The number of rotatable bonds is 7. The van der Waals surface area contributed by atoms with Crippen LogP contribution in [0.25, 0.3) is 0 Å². The lowest BCUT2D eigenvalue weighted by Crippen LogP contribution is -2.28. The lowest BCUT2D eigenvalue weighted by atomic mass is 10.1. The van der Waals surface area contributed by atoms with E-state index in [1.165, 1.54) is 50.2 Å². The third-order valence-electron chi connectivity index (χ3n) is 2.74. The van der Waals surface area contributed by atoms with Gasteiger partial charge in [0.1, 0.15) is 0 Å². The number of unbranched alkanes of at least 4 members (excludes halogenated alkanes) is 5. The van der Waals surface area contributed by atoms with Crippen molar-refractivity contribution in [3.8, 4) is 0 Å². The van der Waals surface area contributed by atoms with E-state index >= 15 is 0 Å². The monoisotopic (exact) mass is 245 g/mol. The highest BCUT2D eigenvalue weighted by Crippen LogP contribution is 2.06. The molecule has 0 N–H and O–H groups in total. The first kappa shape index (κ1) is 15.8. The van der Waals surface area contributed by atoms with E-state index < -0.39 is 0 Å². The Morgan fingerprint density at radius 3 is 2.12 bits per heavy atom. The summed E-state index contributed by atoms with van der Waals surface area (Å²) in [6.45, 7) is 3.45. The summed E-state index contributed by atoms with van der Waals surface area (Å²) in [6.07, 6.45) is 10.4. The molecule has 3 heteroatoms. The molecule has 0 heterocycles. The van der Waals surface area contributed by atoms with Gasteiger partial charge in [-0.2, -0.15) is 0 Å². The molecule has 0 rings (SSSR count). The van der Waals surface area contributed by atoms with Crippen LogP contribution in [-0.2, 0) is 0 Å². The first-order chi connectivity index (χ1) is 7.63. The minimum atomic E-state index is 1.18. The van der Waals surface area contributed by atoms with E-state index in [0.717, 1.165) is 0 Å². The smallest absolute Gasteiger partial charge is 0.262 e. The van der Waals surface area contributed by atoms with Crippen molar-refractivity contribution in [2.24, 2.45) is 0 Å². The van der Waals surface area contributed by atoms with Crippen LogP contribution in [0.2, 0.25) is 0 Å². The summed E-state index contributed by atoms with van der Waals surface area (Å²) in [5.74, 6) is 0. The zero-order valence-corrected chi connectivity index (χ0v) is 12.6. The Labute approximate surface area is 106 Å². The Bertz CT molecular complexity index is 200. The van der Waals surface area contributed by atoms with Crippen LogP contribution in [0.4, 0.5) is 0 Å². The van der Waals surface area contributed by atoms with E-state index in [-0.39, 0.29) is 0 Å². The molecule has 0 aromatic rings. The average Bonchev–Trinajstić information content (AvgIpc) is 2.23. The molecule has 96 valence electrons. The summed E-state index contributed by atoms with van der Waals surface area (Å²) in [4.78, 5) is 2.20. The number of amidine groups is 1. The molecule has 0 atom stereocenters. The third kappa shape index (κ3) is 7.15. The minimum absolute atomic E-state index is 1.18. The van der Waals surface area contributed by atoms with Crippen molar-refractivity contribution >= 4 is 16.9 Å². The maximum absolute atomic E-state index is 2.37. The van der Waals surface area contributed by atoms with Gasteiger partial charge in [0, 0.05) is 0 Å². The molecule has 0 fully saturated rings. The summed E-state index contributed by atoms with van der Waals surface area (Å²) in [6, 6.07) is 0. The van der Waals surface area contributed by atoms with Gasteiger partial charge in [0.25, 0.3) is 0 Å². The molecule has 16 heavy (non-hydrogen) atoms. The lowest BCUT2D eigenvalue weighted by molar-refractivity contribution is -0.499. The maximum atomic E-state index is 2.37. The van der Waals surface area contributed by atoms with Crippen LogP contribution >= 0.6 is 11.8 Å². The highest BCUT2D eigenvalue weighted by Gasteiger charge is 2.10. The van der Waals surface area contributed by atoms with E-state index in [1.54, 1.807) is 0 Å². The Morgan fingerprint density at radius 1 is 1.06 bits per heavy atom. The molecule has 0 saturated carbocycles. The largest absolute Gasteiger partial charge is 0.307 e. The van der Waals surface area contributed by atoms with Gasteiger partial charge in [0.05, 0.1) is 27.7 Å². The Hall–Kier alpha value is -0.180. The van der Waals surface area contributed by atoms with Gasteiger partial charge >= 0.3 is 5.17 Å². The fourth-order valence-electron chi connectivity index (χ4n) is 1.90. The van der Waals surface area contributed by atoms with Crippen molar-refractivity contribution in [3.05, 3.63) is 0 Å².